The highest BCUT2D eigenvalue weighted by Crippen LogP contribution is 2.18. The maximum Gasteiger partial charge on any atom is 0.282 e. The normalized spacial score (nSPS) is 12.4. The summed E-state index contributed by atoms with van der Waals surface area (Å²) in [6.07, 6.45) is 4.17. The number of halogens is 1. The Labute approximate surface area is 118 Å². The summed E-state index contributed by atoms with van der Waals surface area (Å²) in [5.74, 6) is 0. The van der Waals surface area contributed by atoms with Gasteiger partial charge >= 0.3 is 0 Å². The van der Waals surface area contributed by atoms with Crippen LogP contribution < -0.4 is 10.9 Å². The van der Waals surface area contributed by atoms with Crippen molar-refractivity contribution in [2.75, 3.05) is 11.9 Å². The Hall–Kier alpha value is -1.67. The van der Waals surface area contributed by atoms with Crippen LogP contribution in [0.1, 0.15) is 11.7 Å². The number of anilines is 1. The maximum atomic E-state index is 11.6. The van der Waals surface area contributed by atoms with E-state index in [4.69, 9.17) is 0 Å². The number of aliphatic hydroxyl groups is 1. The highest BCUT2D eigenvalue weighted by atomic mass is 79.9. The monoisotopic (exact) mass is 327 g/mol. The first-order chi connectivity index (χ1) is 8.99. The first-order valence-corrected chi connectivity index (χ1v) is 6.40. The fourth-order valence-corrected chi connectivity index (χ4v) is 2.07. The fraction of sp³-hybridized carbons (Fsp3) is 0.364. The van der Waals surface area contributed by atoms with E-state index in [0.717, 1.165) is 0 Å². The molecule has 2 N–H and O–H groups in total. The molecule has 7 nitrogen and oxygen atoms in total. The van der Waals surface area contributed by atoms with Crippen LogP contribution in [0, 0.1) is 0 Å². The summed E-state index contributed by atoms with van der Waals surface area (Å²) in [5.41, 5.74) is 1.02. The molecule has 0 spiro atoms. The van der Waals surface area contributed by atoms with E-state index in [0.29, 0.717) is 15.7 Å². The first-order valence-electron chi connectivity index (χ1n) is 5.61. The molecular formula is C11H14BrN5O2. The minimum atomic E-state index is -0.704. The second-order valence-corrected chi connectivity index (χ2v) is 4.94. The quantitative estimate of drug-likeness (QED) is 0.850. The number of hydrogen-bond acceptors (Lipinski definition) is 5. The zero-order chi connectivity index (χ0) is 14.0. The Balaban J connectivity index is 2.07. The van der Waals surface area contributed by atoms with E-state index in [1.54, 1.807) is 31.2 Å². The molecule has 1 atom stereocenters. The van der Waals surface area contributed by atoms with Gasteiger partial charge in [0.25, 0.3) is 5.56 Å². The van der Waals surface area contributed by atoms with Crippen LogP contribution in [0.3, 0.4) is 0 Å². The van der Waals surface area contributed by atoms with Gasteiger partial charge in [-0.3, -0.25) is 9.48 Å². The lowest BCUT2D eigenvalue weighted by Crippen LogP contribution is -2.22. The van der Waals surface area contributed by atoms with E-state index in [2.05, 4.69) is 31.4 Å². The van der Waals surface area contributed by atoms with Crippen LogP contribution in [0.4, 0.5) is 5.69 Å². The lowest BCUT2D eigenvalue weighted by Gasteiger charge is -2.12. The van der Waals surface area contributed by atoms with Gasteiger partial charge in [-0.15, -0.1) is 0 Å². The van der Waals surface area contributed by atoms with E-state index < -0.39 is 6.10 Å². The van der Waals surface area contributed by atoms with Crippen LogP contribution in [-0.2, 0) is 14.1 Å². The molecule has 0 fully saturated rings. The molecule has 2 aromatic heterocycles. The number of nitrogens with one attached hydrogen (secondary N) is 1. The molecule has 2 heterocycles. The van der Waals surface area contributed by atoms with Crippen LogP contribution in [0.15, 0.2) is 27.9 Å². The molecule has 102 valence electrons. The van der Waals surface area contributed by atoms with Crippen LogP contribution in [0.25, 0.3) is 0 Å². The van der Waals surface area contributed by atoms with Gasteiger partial charge in [0.1, 0.15) is 4.47 Å². The number of rotatable bonds is 4. The molecule has 0 saturated carbocycles. The Morgan fingerprint density at radius 2 is 2.16 bits per heavy atom. The summed E-state index contributed by atoms with van der Waals surface area (Å²) in [7, 11) is 3.35. The molecule has 0 bridgehead atoms. The third-order valence-electron chi connectivity index (χ3n) is 2.67. The molecule has 0 saturated heterocycles. The SMILES string of the molecule is Cn1cc(C(O)CNc2cnn(C)c(=O)c2Br)cn1. The van der Waals surface area contributed by atoms with Crippen molar-refractivity contribution < 1.29 is 5.11 Å². The lowest BCUT2D eigenvalue weighted by atomic mass is 10.2. The average molecular weight is 328 g/mol. The smallest absolute Gasteiger partial charge is 0.282 e. The van der Waals surface area contributed by atoms with Gasteiger partial charge in [-0.25, -0.2) is 4.68 Å². The number of hydrogen-bond donors (Lipinski definition) is 2. The van der Waals surface area contributed by atoms with Crippen molar-refractivity contribution in [1.82, 2.24) is 19.6 Å². The van der Waals surface area contributed by atoms with E-state index in [1.165, 1.54) is 10.9 Å². The lowest BCUT2D eigenvalue weighted by molar-refractivity contribution is 0.191. The van der Waals surface area contributed by atoms with E-state index >= 15 is 0 Å². The van der Waals surface area contributed by atoms with Crippen molar-refractivity contribution in [2.24, 2.45) is 14.1 Å². The Bertz CT molecular complexity index is 636. The van der Waals surface area contributed by atoms with Crippen LogP contribution in [0.2, 0.25) is 0 Å². The Morgan fingerprint density at radius 3 is 2.79 bits per heavy atom. The minimum absolute atomic E-state index is 0.235. The van der Waals surface area contributed by atoms with E-state index in [9.17, 15) is 9.90 Å². The largest absolute Gasteiger partial charge is 0.386 e. The van der Waals surface area contributed by atoms with E-state index in [1.807, 2.05) is 0 Å². The van der Waals surface area contributed by atoms with Gasteiger partial charge in [0.15, 0.2) is 0 Å². The van der Waals surface area contributed by atoms with Crippen LogP contribution in [-0.4, -0.2) is 31.2 Å². The fourth-order valence-electron chi connectivity index (χ4n) is 1.57. The average Bonchev–Trinajstić information content (AvgIpc) is 2.81. The van der Waals surface area contributed by atoms with Crippen molar-refractivity contribution in [1.29, 1.82) is 0 Å². The second-order valence-electron chi connectivity index (χ2n) is 4.15. The molecule has 0 amide bonds. The molecule has 2 aromatic rings. The van der Waals surface area contributed by atoms with Gasteiger partial charge in [-0.1, -0.05) is 0 Å². The van der Waals surface area contributed by atoms with Gasteiger partial charge in [0.2, 0.25) is 0 Å². The highest BCUT2D eigenvalue weighted by Gasteiger charge is 2.12. The predicted molar refractivity (Wildman–Crippen MR) is 73.8 cm³/mol. The third kappa shape index (κ3) is 3.02. The zero-order valence-electron chi connectivity index (χ0n) is 10.5. The number of aryl methyl sites for hydroxylation is 2. The van der Waals surface area contributed by atoms with Crippen LogP contribution in [0.5, 0.6) is 0 Å². The standard InChI is InChI=1S/C11H14BrN5O2/c1-16-6-7(3-14-16)9(18)5-13-8-4-15-17(2)11(19)10(8)12/h3-4,6,9,13,18H,5H2,1-2H3. The van der Waals surface area contributed by atoms with Crippen LogP contribution >= 0.6 is 15.9 Å². The zero-order valence-corrected chi connectivity index (χ0v) is 12.1. The second kappa shape index (κ2) is 5.54. The van der Waals surface area contributed by atoms with Crippen molar-refractivity contribution in [3.8, 4) is 0 Å². The molecule has 0 aromatic carbocycles. The summed E-state index contributed by atoms with van der Waals surface area (Å²) in [6.45, 7) is 0.263. The molecule has 0 aliphatic carbocycles. The predicted octanol–water partition coefficient (Wildman–Crippen LogP) is 0.422. The molecular weight excluding hydrogens is 314 g/mol. The third-order valence-corrected chi connectivity index (χ3v) is 3.44. The summed E-state index contributed by atoms with van der Waals surface area (Å²) in [4.78, 5) is 11.6. The summed E-state index contributed by atoms with van der Waals surface area (Å²) in [5, 5.41) is 20.9. The Morgan fingerprint density at radius 1 is 1.42 bits per heavy atom. The van der Waals surface area contributed by atoms with Crippen molar-refractivity contribution in [3.05, 3.63) is 39.0 Å². The van der Waals surface area contributed by atoms with Gasteiger partial charge in [0, 0.05) is 32.4 Å². The first kappa shape index (κ1) is 13.8. The summed E-state index contributed by atoms with van der Waals surface area (Å²) < 4.78 is 3.24. The number of aliphatic hydroxyl groups excluding tert-OH is 1. The topological polar surface area (TPSA) is 85.0 Å². The summed E-state index contributed by atoms with van der Waals surface area (Å²) >= 11 is 3.21. The van der Waals surface area contributed by atoms with Gasteiger partial charge in [0.05, 0.1) is 24.2 Å². The van der Waals surface area contributed by atoms with Gasteiger partial charge in [-0.2, -0.15) is 10.2 Å². The number of aromatic nitrogens is 4. The molecule has 8 heteroatoms. The highest BCUT2D eigenvalue weighted by molar-refractivity contribution is 9.10. The van der Waals surface area contributed by atoms with Crippen molar-refractivity contribution in [2.45, 2.75) is 6.10 Å². The maximum absolute atomic E-state index is 11.6. The molecule has 0 aliphatic heterocycles. The molecule has 19 heavy (non-hydrogen) atoms. The summed E-state index contributed by atoms with van der Waals surface area (Å²) in [6, 6.07) is 0. The minimum Gasteiger partial charge on any atom is -0.386 e. The van der Waals surface area contributed by atoms with Crippen molar-refractivity contribution in [3.63, 3.8) is 0 Å². The molecule has 1 unspecified atom stereocenters. The number of nitrogens with zero attached hydrogens (tertiary/aromatic N) is 4. The van der Waals surface area contributed by atoms with Gasteiger partial charge < -0.3 is 10.4 Å². The van der Waals surface area contributed by atoms with E-state index in [-0.39, 0.29) is 12.1 Å². The van der Waals surface area contributed by atoms with Crippen molar-refractivity contribution >= 4 is 21.6 Å². The molecule has 0 aliphatic rings. The van der Waals surface area contributed by atoms with Gasteiger partial charge in [-0.05, 0) is 15.9 Å². The molecule has 2 rings (SSSR count). The Kier molecular flexibility index (Phi) is 4.01. The molecule has 0 radical (unpaired) electrons.